The number of halogens is 1. The first-order valence-electron chi connectivity index (χ1n) is 6.53. The molecule has 1 heterocycles. The molecule has 0 saturated heterocycles. The van der Waals surface area contributed by atoms with Crippen molar-refractivity contribution in [1.82, 2.24) is 5.32 Å². The van der Waals surface area contributed by atoms with Gasteiger partial charge in [0.1, 0.15) is 11.6 Å². The topological polar surface area (TPSA) is 68.5 Å². The Morgan fingerprint density at radius 2 is 2.00 bits per heavy atom. The molecule has 1 amide bonds. The fraction of sp³-hybridized carbons (Fsp3) is 0.125. The van der Waals surface area contributed by atoms with Crippen LogP contribution in [-0.4, -0.2) is 18.5 Å². The predicted molar refractivity (Wildman–Crippen MR) is 76.9 cm³/mol. The Morgan fingerprint density at radius 3 is 2.68 bits per heavy atom. The Kier molecular flexibility index (Phi) is 5.48. The molecule has 2 aromatic rings. The molecule has 6 heteroatoms. The molecule has 0 saturated carbocycles. The molecule has 1 aromatic heterocycles. The van der Waals surface area contributed by atoms with Crippen molar-refractivity contribution in [1.29, 1.82) is 0 Å². The second kappa shape index (κ2) is 7.78. The number of furan rings is 1. The minimum absolute atomic E-state index is 0.235. The first-order chi connectivity index (χ1) is 10.6. The summed E-state index contributed by atoms with van der Waals surface area (Å²) in [4.78, 5) is 22.9. The van der Waals surface area contributed by atoms with Gasteiger partial charge >= 0.3 is 5.97 Å². The molecule has 1 aromatic carbocycles. The van der Waals surface area contributed by atoms with Gasteiger partial charge in [0, 0.05) is 12.6 Å². The second-order valence-electron chi connectivity index (χ2n) is 4.36. The van der Waals surface area contributed by atoms with Crippen LogP contribution in [0.5, 0.6) is 0 Å². The molecule has 0 unspecified atom stereocenters. The van der Waals surface area contributed by atoms with E-state index in [1.54, 1.807) is 24.3 Å². The average Bonchev–Trinajstić information content (AvgIpc) is 3.04. The zero-order valence-corrected chi connectivity index (χ0v) is 11.6. The quantitative estimate of drug-likeness (QED) is 0.656. The van der Waals surface area contributed by atoms with Gasteiger partial charge in [-0.05, 0) is 35.9 Å². The fourth-order valence-corrected chi connectivity index (χ4v) is 1.57. The van der Waals surface area contributed by atoms with Gasteiger partial charge in [-0.2, -0.15) is 0 Å². The Hall–Kier alpha value is -2.89. The van der Waals surface area contributed by atoms with Crippen molar-refractivity contribution >= 4 is 18.0 Å². The van der Waals surface area contributed by atoms with Gasteiger partial charge in [0.15, 0.2) is 6.61 Å². The van der Waals surface area contributed by atoms with E-state index in [0.717, 1.165) is 5.56 Å². The lowest BCUT2D eigenvalue weighted by Crippen LogP contribution is -2.28. The fourth-order valence-electron chi connectivity index (χ4n) is 1.57. The highest BCUT2D eigenvalue weighted by atomic mass is 19.1. The van der Waals surface area contributed by atoms with Crippen molar-refractivity contribution in [2.45, 2.75) is 6.54 Å². The molecule has 22 heavy (non-hydrogen) atoms. The maximum absolute atomic E-state index is 12.7. The molecule has 0 bridgehead atoms. The average molecular weight is 303 g/mol. The third-order valence-corrected chi connectivity index (χ3v) is 2.68. The number of ether oxygens (including phenoxy) is 1. The molecule has 114 valence electrons. The molecule has 0 aliphatic heterocycles. The van der Waals surface area contributed by atoms with Gasteiger partial charge in [0.2, 0.25) is 0 Å². The van der Waals surface area contributed by atoms with E-state index in [1.807, 2.05) is 0 Å². The standard InChI is InChI=1S/C16H14FNO4/c17-13-5-3-12(4-6-13)10-18-15(19)11-22-16(20)8-7-14-2-1-9-21-14/h1-9H,10-11H2,(H,18,19)/b8-7+. The minimum atomic E-state index is -0.645. The van der Waals surface area contributed by atoms with Crippen LogP contribution in [0.1, 0.15) is 11.3 Å². The number of hydrogen-bond acceptors (Lipinski definition) is 4. The minimum Gasteiger partial charge on any atom is -0.465 e. The van der Waals surface area contributed by atoms with Crippen molar-refractivity contribution < 1.29 is 23.1 Å². The Bertz CT molecular complexity index is 647. The van der Waals surface area contributed by atoms with Crippen molar-refractivity contribution in [2.24, 2.45) is 0 Å². The summed E-state index contributed by atoms with van der Waals surface area (Å²) in [6.07, 6.45) is 4.10. The third-order valence-electron chi connectivity index (χ3n) is 2.68. The molecule has 0 fully saturated rings. The SMILES string of the molecule is O=C(COC(=O)/C=C/c1ccco1)NCc1ccc(F)cc1. The largest absolute Gasteiger partial charge is 0.465 e. The van der Waals surface area contributed by atoms with Crippen LogP contribution >= 0.6 is 0 Å². The molecule has 0 aliphatic rings. The summed E-state index contributed by atoms with van der Waals surface area (Å²) >= 11 is 0. The van der Waals surface area contributed by atoms with Crippen LogP contribution in [0.25, 0.3) is 6.08 Å². The normalized spacial score (nSPS) is 10.6. The lowest BCUT2D eigenvalue weighted by atomic mass is 10.2. The molecule has 1 N–H and O–H groups in total. The number of esters is 1. The Morgan fingerprint density at radius 1 is 1.23 bits per heavy atom. The van der Waals surface area contributed by atoms with Gasteiger partial charge in [0.05, 0.1) is 6.26 Å². The van der Waals surface area contributed by atoms with Gasteiger partial charge in [-0.1, -0.05) is 12.1 Å². The van der Waals surface area contributed by atoms with Gasteiger partial charge in [0.25, 0.3) is 5.91 Å². The van der Waals surface area contributed by atoms with Crippen molar-refractivity contribution in [3.63, 3.8) is 0 Å². The van der Waals surface area contributed by atoms with Crippen molar-refractivity contribution in [2.75, 3.05) is 6.61 Å². The maximum Gasteiger partial charge on any atom is 0.331 e. The van der Waals surface area contributed by atoms with E-state index < -0.39 is 11.9 Å². The first kappa shape index (κ1) is 15.5. The third kappa shape index (κ3) is 5.24. The van der Waals surface area contributed by atoms with Crippen LogP contribution in [0, 0.1) is 5.82 Å². The van der Waals surface area contributed by atoms with Gasteiger partial charge in [-0.3, -0.25) is 4.79 Å². The monoisotopic (exact) mass is 303 g/mol. The highest BCUT2D eigenvalue weighted by Crippen LogP contribution is 2.03. The summed E-state index contributed by atoms with van der Waals surface area (Å²) in [5, 5.41) is 2.56. The van der Waals surface area contributed by atoms with Crippen LogP contribution in [0.4, 0.5) is 4.39 Å². The zero-order valence-electron chi connectivity index (χ0n) is 11.6. The van der Waals surface area contributed by atoms with Gasteiger partial charge < -0.3 is 14.5 Å². The van der Waals surface area contributed by atoms with E-state index in [9.17, 15) is 14.0 Å². The first-order valence-corrected chi connectivity index (χ1v) is 6.53. The molecular formula is C16H14FNO4. The number of rotatable bonds is 6. The summed E-state index contributed by atoms with van der Waals surface area (Å²) < 4.78 is 22.5. The Labute approximate surface area is 126 Å². The predicted octanol–water partition coefficient (Wildman–Crippen LogP) is 2.29. The van der Waals surface area contributed by atoms with Crippen LogP contribution in [0.3, 0.4) is 0 Å². The number of benzene rings is 1. The molecule has 0 atom stereocenters. The smallest absolute Gasteiger partial charge is 0.331 e. The van der Waals surface area contributed by atoms with Gasteiger partial charge in [-0.25, -0.2) is 9.18 Å². The second-order valence-corrected chi connectivity index (χ2v) is 4.36. The highest BCUT2D eigenvalue weighted by molar-refractivity contribution is 5.88. The van der Waals surface area contributed by atoms with Crippen LogP contribution in [0.15, 0.2) is 53.2 Å². The number of hydrogen-bond donors (Lipinski definition) is 1. The maximum atomic E-state index is 12.7. The molecule has 0 radical (unpaired) electrons. The van der Waals surface area contributed by atoms with E-state index in [2.05, 4.69) is 5.32 Å². The van der Waals surface area contributed by atoms with Gasteiger partial charge in [-0.15, -0.1) is 0 Å². The number of carbonyl (C=O) groups is 2. The molecule has 5 nitrogen and oxygen atoms in total. The summed E-state index contributed by atoms with van der Waals surface area (Å²) in [5.74, 6) is -0.914. The molecular weight excluding hydrogens is 289 g/mol. The molecule has 2 rings (SSSR count). The lowest BCUT2D eigenvalue weighted by molar-refractivity contribution is -0.143. The molecule has 0 aliphatic carbocycles. The van der Waals surface area contributed by atoms with Crippen molar-refractivity contribution in [3.8, 4) is 0 Å². The van der Waals surface area contributed by atoms with E-state index in [4.69, 9.17) is 9.15 Å². The number of carbonyl (C=O) groups excluding carboxylic acids is 2. The highest BCUT2D eigenvalue weighted by Gasteiger charge is 2.05. The van der Waals surface area contributed by atoms with Crippen LogP contribution in [0.2, 0.25) is 0 Å². The Balaban J connectivity index is 1.68. The molecule has 0 spiro atoms. The summed E-state index contributed by atoms with van der Waals surface area (Å²) in [5.41, 5.74) is 0.749. The van der Waals surface area contributed by atoms with E-state index in [1.165, 1.54) is 30.5 Å². The number of nitrogens with one attached hydrogen (secondary N) is 1. The number of amides is 1. The summed E-state index contributed by atoms with van der Waals surface area (Å²) in [7, 11) is 0. The van der Waals surface area contributed by atoms with E-state index >= 15 is 0 Å². The van der Waals surface area contributed by atoms with E-state index in [0.29, 0.717) is 5.76 Å². The van der Waals surface area contributed by atoms with E-state index in [-0.39, 0.29) is 19.0 Å². The zero-order chi connectivity index (χ0) is 15.8. The lowest BCUT2D eigenvalue weighted by Gasteiger charge is -2.05. The summed E-state index contributed by atoms with van der Waals surface area (Å²) in [6.45, 7) is -0.151. The van der Waals surface area contributed by atoms with Crippen LogP contribution in [-0.2, 0) is 20.9 Å². The van der Waals surface area contributed by atoms with Crippen molar-refractivity contribution in [3.05, 3.63) is 65.9 Å². The summed E-state index contributed by atoms with van der Waals surface area (Å²) in [6, 6.07) is 9.11. The van der Waals surface area contributed by atoms with Crippen LogP contribution < -0.4 is 5.32 Å².